The van der Waals surface area contributed by atoms with Crippen molar-refractivity contribution >= 4 is 5.91 Å². The maximum absolute atomic E-state index is 12.0. The highest BCUT2D eigenvalue weighted by molar-refractivity contribution is 5.78. The van der Waals surface area contributed by atoms with Gasteiger partial charge >= 0.3 is 0 Å². The summed E-state index contributed by atoms with van der Waals surface area (Å²) in [7, 11) is 0. The summed E-state index contributed by atoms with van der Waals surface area (Å²) in [4.78, 5) is 12.0. The summed E-state index contributed by atoms with van der Waals surface area (Å²) in [6, 6.07) is 8.03. The fourth-order valence-electron chi connectivity index (χ4n) is 2.15. The van der Waals surface area contributed by atoms with Crippen molar-refractivity contribution in [1.82, 2.24) is 5.32 Å². The quantitative estimate of drug-likeness (QED) is 0.735. The molecular weight excluding hydrogens is 264 g/mol. The zero-order chi connectivity index (χ0) is 15.7. The average molecular weight is 292 g/mol. The Hall–Kier alpha value is -1.55. The van der Waals surface area contributed by atoms with Crippen LogP contribution < -0.4 is 15.8 Å². The van der Waals surface area contributed by atoms with Crippen molar-refractivity contribution in [2.75, 3.05) is 6.61 Å². The second-order valence-corrected chi connectivity index (χ2v) is 5.61. The van der Waals surface area contributed by atoms with Crippen LogP contribution in [0, 0.1) is 5.92 Å². The van der Waals surface area contributed by atoms with Crippen LogP contribution in [-0.4, -0.2) is 18.6 Å². The molecule has 0 radical (unpaired) electrons. The Morgan fingerprint density at radius 3 is 2.76 bits per heavy atom. The lowest BCUT2D eigenvalue weighted by molar-refractivity contribution is -0.124. The van der Waals surface area contributed by atoms with Gasteiger partial charge in [-0.25, -0.2) is 0 Å². The molecule has 0 aliphatic carbocycles. The molecule has 0 aliphatic rings. The number of amides is 1. The molecule has 0 fully saturated rings. The van der Waals surface area contributed by atoms with Gasteiger partial charge in [-0.1, -0.05) is 25.5 Å². The van der Waals surface area contributed by atoms with E-state index in [2.05, 4.69) is 5.32 Å². The Morgan fingerprint density at radius 1 is 1.33 bits per heavy atom. The number of carbonyl (C=O) groups is 1. The van der Waals surface area contributed by atoms with Crippen molar-refractivity contribution in [2.24, 2.45) is 11.7 Å². The van der Waals surface area contributed by atoms with Crippen LogP contribution in [0.4, 0.5) is 0 Å². The van der Waals surface area contributed by atoms with E-state index in [4.69, 9.17) is 10.5 Å². The van der Waals surface area contributed by atoms with Crippen LogP contribution in [0.1, 0.15) is 45.6 Å². The highest BCUT2D eigenvalue weighted by Crippen LogP contribution is 2.14. The van der Waals surface area contributed by atoms with Gasteiger partial charge in [0.25, 0.3) is 0 Å². The summed E-state index contributed by atoms with van der Waals surface area (Å²) in [5.74, 6) is 0.967. The molecule has 4 heteroatoms. The fourth-order valence-corrected chi connectivity index (χ4v) is 2.15. The Kier molecular flexibility index (Phi) is 7.83. The summed E-state index contributed by atoms with van der Waals surface area (Å²) in [6.07, 6.45) is 2.84. The van der Waals surface area contributed by atoms with Crippen LogP contribution in [0.15, 0.2) is 24.3 Å². The number of carbonyl (C=O) groups excluding carboxylic acids is 1. The van der Waals surface area contributed by atoms with E-state index in [1.807, 2.05) is 45.0 Å². The number of hydrogen-bond donors (Lipinski definition) is 2. The molecule has 4 nitrogen and oxygen atoms in total. The highest BCUT2D eigenvalue weighted by atomic mass is 16.5. The number of nitrogens with one attached hydrogen (secondary N) is 1. The van der Waals surface area contributed by atoms with Crippen LogP contribution >= 0.6 is 0 Å². The van der Waals surface area contributed by atoms with Crippen molar-refractivity contribution in [3.05, 3.63) is 29.8 Å². The molecule has 3 N–H and O–H groups in total. The lowest BCUT2D eigenvalue weighted by Gasteiger charge is -2.13. The molecule has 0 aromatic heterocycles. The normalized spacial score (nSPS) is 13.5. The van der Waals surface area contributed by atoms with E-state index in [1.54, 1.807) is 0 Å². The molecule has 2 atom stereocenters. The van der Waals surface area contributed by atoms with Crippen LogP contribution in [0.2, 0.25) is 0 Å². The van der Waals surface area contributed by atoms with Gasteiger partial charge < -0.3 is 15.8 Å². The first-order valence-electron chi connectivity index (χ1n) is 7.78. The summed E-state index contributed by atoms with van der Waals surface area (Å²) in [5.41, 5.74) is 6.77. The fraction of sp³-hybridized carbons (Fsp3) is 0.588. The SMILES string of the molecule is CCOc1cccc(CNC(=O)C(C)CCCC(C)N)c1. The molecule has 0 spiro atoms. The zero-order valence-corrected chi connectivity index (χ0v) is 13.4. The molecule has 118 valence electrons. The van der Waals surface area contributed by atoms with E-state index in [9.17, 15) is 4.79 Å². The molecule has 21 heavy (non-hydrogen) atoms. The highest BCUT2D eigenvalue weighted by Gasteiger charge is 2.12. The Balaban J connectivity index is 2.36. The first-order chi connectivity index (χ1) is 10.0. The van der Waals surface area contributed by atoms with Crippen molar-refractivity contribution in [3.63, 3.8) is 0 Å². The van der Waals surface area contributed by atoms with Gasteiger partial charge in [-0.15, -0.1) is 0 Å². The number of nitrogens with two attached hydrogens (primary N) is 1. The molecule has 0 saturated heterocycles. The molecule has 0 aliphatic heterocycles. The van der Waals surface area contributed by atoms with E-state index in [1.165, 1.54) is 0 Å². The third kappa shape index (κ3) is 7.14. The predicted octanol–water partition coefficient (Wildman–Crippen LogP) is 2.86. The maximum Gasteiger partial charge on any atom is 0.223 e. The molecule has 1 rings (SSSR count). The minimum absolute atomic E-state index is 0.0267. The minimum atomic E-state index is 0.0267. The van der Waals surface area contributed by atoms with Gasteiger partial charge in [0.15, 0.2) is 0 Å². The van der Waals surface area contributed by atoms with Crippen molar-refractivity contribution in [3.8, 4) is 5.75 Å². The van der Waals surface area contributed by atoms with E-state index >= 15 is 0 Å². The van der Waals surface area contributed by atoms with Gasteiger partial charge in [-0.05, 0) is 44.4 Å². The van der Waals surface area contributed by atoms with Gasteiger partial charge in [0.05, 0.1) is 6.61 Å². The van der Waals surface area contributed by atoms with E-state index in [0.717, 1.165) is 30.6 Å². The lowest BCUT2D eigenvalue weighted by atomic mass is 10.0. The van der Waals surface area contributed by atoms with Crippen LogP contribution in [0.5, 0.6) is 5.75 Å². The van der Waals surface area contributed by atoms with E-state index in [-0.39, 0.29) is 17.9 Å². The molecule has 0 saturated carbocycles. The molecule has 1 aromatic rings. The number of hydrogen-bond acceptors (Lipinski definition) is 3. The molecule has 0 bridgehead atoms. The van der Waals surface area contributed by atoms with Gasteiger partial charge in [0.1, 0.15) is 5.75 Å². The minimum Gasteiger partial charge on any atom is -0.494 e. The largest absolute Gasteiger partial charge is 0.494 e. The van der Waals surface area contributed by atoms with Gasteiger partial charge in [0, 0.05) is 18.5 Å². The molecule has 1 aromatic carbocycles. The average Bonchev–Trinajstić information content (AvgIpc) is 2.45. The van der Waals surface area contributed by atoms with Crippen LogP contribution in [0.25, 0.3) is 0 Å². The standard InChI is InChI=1S/C17H28N2O2/c1-4-21-16-10-6-9-15(11-16)12-19-17(20)13(2)7-5-8-14(3)18/h6,9-11,13-14H,4-5,7-8,12,18H2,1-3H3,(H,19,20). The summed E-state index contributed by atoms with van der Waals surface area (Å²) in [6.45, 7) is 7.10. The molecule has 1 amide bonds. The smallest absolute Gasteiger partial charge is 0.223 e. The Bertz CT molecular complexity index is 433. The number of rotatable bonds is 9. The van der Waals surface area contributed by atoms with Crippen molar-refractivity contribution in [2.45, 2.75) is 52.6 Å². The van der Waals surface area contributed by atoms with E-state index < -0.39 is 0 Å². The topological polar surface area (TPSA) is 64.3 Å². The van der Waals surface area contributed by atoms with Gasteiger partial charge in [-0.2, -0.15) is 0 Å². The van der Waals surface area contributed by atoms with Crippen molar-refractivity contribution in [1.29, 1.82) is 0 Å². The van der Waals surface area contributed by atoms with Crippen LogP contribution in [0.3, 0.4) is 0 Å². The molecule has 2 unspecified atom stereocenters. The predicted molar refractivity (Wildman–Crippen MR) is 86.1 cm³/mol. The zero-order valence-electron chi connectivity index (χ0n) is 13.4. The van der Waals surface area contributed by atoms with Gasteiger partial charge in [-0.3, -0.25) is 4.79 Å². The third-order valence-electron chi connectivity index (χ3n) is 3.42. The van der Waals surface area contributed by atoms with E-state index in [0.29, 0.717) is 13.2 Å². The Labute approximate surface area is 128 Å². The summed E-state index contributed by atoms with van der Waals surface area (Å²) < 4.78 is 5.45. The Morgan fingerprint density at radius 2 is 2.10 bits per heavy atom. The molecule has 0 heterocycles. The molecular formula is C17H28N2O2. The first kappa shape index (κ1) is 17.5. The monoisotopic (exact) mass is 292 g/mol. The summed E-state index contributed by atoms with van der Waals surface area (Å²) >= 11 is 0. The second-order valence-electron chi connectivity index (χ2n) is 5.61. The maximum atomic E-state index is 12.0. The van der Waals surface area contributed by atoms with Crippen molar-refractivity contribution < 1.29 is 9.53 Å². The summed E-state index contributed by atoms with van der Waals surface area (Å²) in [5, 5.41) is 2.98. The van der Waals surface area contributed by atoms with Gasteiger partial charge in [0.2, 0.25) is 5.91 Å². The number of ether oxygens (including phenoxy) is 1. The second kappa shape index (κ2) is 9.40. The lowest BCUT2D eigenvalue weighted by Crippen LogP contribution is -2.29. The first-order valence-corrected chi connectivity index (χ1v) is 7.78. The number of benzene rings is 1. The third-order valence-corrected chi connectivity index (χ3v) is 3.42. The van der Waals surface area contributed by atoms with Crippen LogP contribution in [-0.2, 0) is 11.3 Å².